The van der Waals surface area contributed by atoms with Crippen LogP contribution in [0.15, 0.2) is 48.5 Å². The Balaban J connectivity index is 0.00000288. The van der Waals surface area contributed by atoms with Crippen LogP contribution in [0.5, 0.6) is 5.75 Å². The molecule has 6 heteroatoms. The van der Waals surface area contributed by atoms with E-state index in [1.165, 1.54) is 0 Å². The van der Waals surface area contributed by atoms with Crippen molar-refractivity contribution in [3.8, 4) is 5.75 Å². The molecule has 24 heavy (non-hydrogen) atoms. The van der Waals surface area contributed by atoms with Crippen molar-refractivity contribution < 1.29 is 9.53 Å². The van der Waals surface area contributed by atoms with Gasteiger partial charge in [-0.1, -0.05) is 35.9 Å². The summed E-state index contributed by atoms with van der Waals surface area (Å²) in [5, 5.41) is 3.49. The summed E-state index contributed by atoms with van der Waals surface area (Å²) < 4.78 is 5.55. The Morgan fingerprint density at radius 1 is 1.12 bits per heavy atom. The summed E-state index contributed by atoms with van der Waals surface area (Å²) in [5.41, 5.74) is 7.53. The number of hydrogen-bond acceptors (Lipinski definition) is 3. The van der Waals surface area contributed by atoms with Crippen molar-refractivity contribution in [1.29, 1.82) is 0 Å². The number of anilines is 1. The van der Waals surface area contributed by atoms with Crippen LogP contribution in [0.4, 0.5) is 5.69 Å². The average Bonchev–Trinajstić information content (AvgIpc) is 2.55. The first-order valence-electron chi connectivity index (χ1n) is 7.63. The molecule has 4 nitrogen and oxygen atoms in total. The molecule has 0 aliphatic heterocycles. The fourth-order valence-electron chi connectivity index (χ4n) is 2.10. The molecule has 2 aromatic carbocycles. The number of amides is 1. The van der Waals surface area contributed by atoms with Gasteiger partial charge in [-0.2, -0.15) is 0 Å². The Bertz CT molecular complexity index is 633. The quantitative estimate of drug-likeness (QED) is 0.549. The molecule has 0 spiro atoms. The molecule has 0 heterocycles. The number of nitrogens with one attached hydrogen (secondary N) is 1. The first-order chi connectivity index (χ1) is 11.1. The van der Waals surface area contributed by atoms with Crippen molar-refractivity contribution in [2.24, 2.45) is 0 Å². The molecule has 0 radical (unpaired) electrons. The van der Waals surface area contributed by atoms with Crippen LogP contribution < -0.4 is 15.8 Å². The molecular weight excluding hydrogens is 347 g/mol. The molecule has 1 amide bonds. The maximum atomic E-state index is 11.8. The van der Waals surface area contributed by atoms with Gasteiger partial charge in [-0.15, -0.1) is 12.4 Å². The fourth-order valence-corrected chi connectivity index (χ4v) is 2.29. The lowest BCUT2D eigenvalue weighted by Crippen LogP contribution is -2.25. The van der Waals surface area contributed by atoms with Crippen LogP contribution in [0.2, 0.25) is 5.02 Å². The number of carbonyl (C=O) groups excluding carboxylic acids is 1. The van der Waals surface area contributed by atoms with Crippen molar-refractivity contribution in [3.05, 3.63) is 59.1 Å². The van der Waals surface area contributed by atoms with E-state index in [2.05, 4.69) is 5.32 Å². The lowest BCUT2D eigenvalue weighted by molar-refractivity contribution is -0.121. The molecule has 0 aromatic heterocycles. The summed E-state index contributed by atoms with van der Waals surface area (Å²) in [4.78, 5) is 11.8. The molecule has 0 saturated carbocycles. The monoisotopic (exact) mass is 368 g/mol. The molecule has 0 saturated heterocycles. The zero-order valence-electron chi connectivity index (χ0n) is 13.3. The van der Waals surface area contributed by atoms with Crippen molar-refractivity contribution >= 4 is 35.6 Å². The van der Waals surface area contributed by atoms with Crippen LogP contribution in [0.3, 0.4) is 0 Å². The van der Waals surface area contributed by atoms with Gasteiger partial charge in [0, 0.05) is 18.7 Å². The van der Waals surface area contributed by atoms with E-state index in [1.54, 1.807) is 6.07 Å². The average molecular weight is 369 g/mol. The maximum Gasteiger partial charge on any atom is 0.220 e. The summed E-state index contributed by atoms with van der Waals surface area (Å²) in [5.74, 6) is 0.682. The highest BCUT2D eigenvalue weighted by Crippen LogP contribution is 2.23. The molecular formula is C18H22Cl2N2O2. The third kappa shape index (κ3) is 7.11. The second-order valence-corrected chi connectivity index (χ2v) is 5.63. The molecule has 0 unspecified atom stereocenters. The Hall–Kier alpha value is -1.91. The Morgan fingerprint density at radius 2 is 1.83 bits per heavy atom. The minimum Gasteiger partial charge on any atom is -0.492 e. The molecule has 130 valence electrons. The largest absolute Gasteiger partial charge is 0.492 e. The van der Waals surface area contributed by atoms with Gasteiger partial charge >= 0.3 is 0 Å². The number of para-hydroxylation sites is 1. The molecule has 0 aliphatic carbocycles. The summed E-state index contributed by atoms with van der Waals surface area (Å²) >= 11 is 5.99. The molecule has 0 aliphatic rings. The first-order valence-corrected chi connectivity index (χ1v) is 8.01. The number of rotatable bonds is 8. The van der Waals surface area contributed by atoms with Crippen LogP contribution in [0, 0.1) is 0 Å². The zero-order valence-corrected chi connectivity index (χ0v) is 14.9. The third-order valence-electron chi connectivity index (χ3n) is 3.36. The number of benzene rings is 2. The van der Waals surface area contributed by atoms with E-state index in [4.69, 9.17) is 22.1 Å². The molecule has 2 aromatic rings. The summed E-state index contributed by atoms with van der Waals surface area (Å²) in [6, 6.07) is 15.0. The number of hydrogen-bond donors (Lipinski definition) is 2. The smallest absolute Gasteiger partial charge is 0.220 e. The zero-order chi connectivity index (χ0) is 16.5. The molecule has 0 fully saturated rings. The van der Waals surface area contributed by atoms with E-state index in [0.717, 1.165) is 17.7 Å². The van der Waals surface area contributed by atoms with Gasteiger partial charge in [-0.05, 0) is 42.7 Å². The highest BCUT2D eigenvalue weighted by molar-refractivity contribution is 6.32. The lowest BCUT2D eigenvalue weighted by Gasteiger charge is -2.08. The summed E-state index contributed by atoms with van der Waals surface area (Å²) in [6.07, 6.45) is 1.88. The van der Waals surface area contributed by atoms with Crippen LogP contribution in [0.25, 0.3) is 0 Å². The van der Waals surface area contributed by atoms with Crippen molar-refractivity contribution in [2.45, 2.75) is 19.3 Å². The van der Waals surface area contributed by atoms with E-state index in [9.17, 15) is 4.79 Å². The number of ether oxygens (including phenoxy) is 1. The summed E-state index contributed by atoms with van der Waals surface area (Å²) in [6.45, 7) is 1.09. The van der Waals surface area contributed by atoms with Crippen molar-refractivity contribution in [1.82, 2.24) is 5.32 Å². The highest BCUT2D eigenvalue weighted by atomic mass is 35.5. The SMILES string of the molecule is Cl.Nc1ccc(CCNC(=O)CCCOc2ccccc2Cl)cc1. The highest BCUT2D eigenvalue weighted by Gasteiger charge is 2.03. The normalized spacial score (nSPS) is 9.88. The van der Waals surface area contributed by atoms with Crippen LogP contribution in [-0.2, 0) is 11.2 Å². The number of halogens is 2. The molecule has 3 N–H and O–H groups in total. The second-order valence-electron chi connectivity index (χ2n) is 5.22. The predicted molar refractivity (Wildman–Crippen MR) is 101 cm³/mol. The van der Waals surface area contributed by atoms with E-state index < -0.39 is 0 Å². The molecule has 0 bridgehead atoms. The van der Waals surface area contributed by atoms with Gasteiger partial charge < -0.3 is 15.8 Å². The maximum absolute atomic E-state index is 11.8. The third-order valence-corrected chi connectivity index (χ3v) is 3.67. The van der Waals surface area contributed by atoms with Crippen LogP contribution >= 0.6 is 24.0 Å². The van der Waals surface area contributed by atoms with Gasteiger partial charge in [-0.25, -0.2) is 0 Å². The number of nitrogen functional groups attached to an aromatic ring is 1. The van der Waals surface area contributed by atoms with Gasteiger partial charge in [0.1, 0.15) is 5.75 Å². The van der Waals surface area contributed by atoms with Crippen molar-refractivity contribution in [3.63, 3.8) is 0 Å². The Morgan fingerprint density at radius 3 is 2.54 bits per heavy atom. The minimum atomic E-state index is 0. The van der Waals surface area contributed by atoms with Gasteiger partial charge in [0.25, 0.3) is 0 Å². The fraction of sp³-hybridized carbons (Fsp3) is 0.278. The molecule has 0 atom stereocenters. The minimum absolute atomic E-state index is 0. The second kappa shape index (κ2) is 10.8. The van der Waals surface area contributed by atoms with E-state index in [1.807, 2.05) is 42.5 Å². The van der Waals surface area contributed by atoms with Gasteiger partial charge in [0.15, 0.2) is 0 Å². The first kappa shape index (κ1) is 20.1. The molecule has 2 rings (SSSR count). The van der Waals surface area contributed by atoms with E-state index >= 15 is 0 Å². The predicted octanol–water partition coefficient (Wildman–Crippen LogP) is 3.86. The number of carbonyl (C=O) groups is 1. The van der Waals surface area contributed by atoms with Crippen LogP contribution in [0.1, 0.15) is 18.4 Å². The van der Waals surface area contributed by atoms with Gasteiger partial charge in [-0.3, -0.25) is 4.79 Å². The lowest BCUT2D eigenvalue weighted by atomic mass is 10.1. The van der Waals surface area contributed by atoms with Crippen LogP contribution in [-0.4, -0.2) is 19.1 Å². The van der Waals surface area contributed by atoms with Crippen molar-refractivity contribution in [2.75, 3.05) is 18.9 Å². The van der Waals surface area contributed by atoms with Gasteiger partial charge in [0.2, 0.25) is 5.91 Å². The summed E-state index contributed by atoms with van der Waals surface area (Å²) in [7, 11) is 0. The van der Waals surface area contributed by atoms with E-state index in [0.29, 0.717) is 36.8 Å². The van der Waals surface area contributed by atoms with E-state index in [-0.39, 0.29) is 18.3 Å². The standard InChI is InChI=1S/C18H21ClN2O2.ClH/c19-16-4-1-2-5-17(16)23-13-3-6-18(22)21-12-11-14-7-9-15(20)10-8-14;/h1-2,4-5,7-10H,3,6,11-13,20H2,(H,21,22);1H. The number of nitrogens with two attached hydrogens (primary N) is 1. The topological polar surface area (TPSA) is 64.3 Å². The van der Waals surface area contributed by atoms with Gasteiger partial charge in [0.05, 0.1) is 11.6 Å². The Labute approximate surface area is 153 Å². The Kier molecular flexibility index (Phi) is 9.05.